The van der Waals surface area contributed by atoms with Crippen LogP contribution in [0.15, 0.2) is 48.7 Å². The van der Waals surface area contributed by atoms with Gasteiger partial charge in [0.25, 0.3) is 0 Å². The molecular formula is C11H9N4+. The largest absolute Gasteiger partial charge is 0.385 e. The van der Waals surface area contributed by atoms with Crippen molar-refractivity contribution in [2.45, 2.75) is 0 Å². The second-order valence-corrected chi connectivity index (χ2v) is 3.07. The van der Waals surface area contributed by atoms with Gasteiger partial charge < -0.3 is 4.57 Å². The molecule has 15 heavy (non-hydrogen) atoms. The van der Waals surface area contributed by atoms with Crippen molar-refractivity contribution < 1.29 is 0 Å². The zero-order chi connectivity index (χ0) is 10.7. The Morgan fingerprint density at radius 2 is 1.80 bits per heavy atom. The first-order valence-corrected chi connectivity index (χ1v) is 4.49. The highest BCUT2D eigenvalue weighted by Gasteiger charge is 2.03. The molecule has 1 N–H and O–H groups in total. The number of aromatic nitrogens is 1. The lowest BCUT2D eigenvalue weighted by atomic mass is 10.3. The Labute approximate surface area is 86.6 Å². The van der Waals surface area contributed by atoms with Crippen LogP contribution < -0.4 is 5.49 Å². The van der Waals surface area contributed by atoms with E-state index in [1.54, 1.807) is 34.9 Å². The number of pyridine rings is 1. The Morgan fingerprint density at radius 3 is 2.40 bits per heavy atom. The summed E-state index contributed by atoms with van der Waals surface area (Å²) in [6.07, 6.45) is 1.81. The number of hydrogen-bond acceptors (Lipinski definition) is 2. The second kappa shape index (κ2) is 3.76. The SMILES string of the molecule is N#[N+]c1ccc(-n2ccccc2=N)cc1. The monoisotopic (exact) mass is 197 g/mol. The molecule has 0 atom stereocenters. The van der Waals surface area contributed by atoms with Crippen LogP contribution in [0.25, 0.3) is 10.7 Å². The smallest absolute Gasteiger partial charge is 0.302 e. The Hall–Kier alpha value is -2.41. The Kier molecular flexibility index (Phi) is 2.30. The van der Waals surface area contributed by atoms with Gasteiger partial charge in [0.05, 0.1) is 0 Å². The van der Waals surface area contributed by atoms with Crippen molar-refractivity contribution in [2.75, 3.05) is 0 Å². The van der Waals surface area contributed by atoms with Gasteiger partial charge in [-0.3, -0.25) is 5.41 Å². The molecule has 0 aliphatic rings. The maximum atomic E-state index is 8.53. The molecule has 0 saturated heterocycles. The maximum Gasteiger partial charge on any atom is 0.385 e. The molecular weight excluding hydrogens is 188 g/mol. The summed E-state index contributed by atoms with van der Waals surface area (Å²) in [5.74, 6) is 0. The summed E-state index contributed by atoms with van der Waals surface area (Å²) in [7, 11) is 0. The maximum absolute atomic E-state index is 8.53. The van der Waals surface area contributed by atoms with Gasteiger partial charge in [0, 0.05) is 24.0 Å². The highest BCUT2D eigenvalue weighted by atomic mass is 15.0. The van der Waals surface area contributed by atoms with Crippen molar-refractivity contribution in [1.82, 2.24) is 4.57 Å². The fourth-order valence-corrected chi connectivity index (χ4v) is 1.35. The van der Waals surface area contributed by atoms with Crippen LogP contribution in [0.4, 0.5) is 5.69 Å². The number of nitrogens with zero attached hydrogens (tertiary/aromatic N) is 3. The van der Waals surface area contributed by atoms with E-state index in [0.717, 1.165) is 5.69 Å². The Morgan fingerprint density at radius 1 is 1.07 bits per heavy atom. The van der Waals surface area contributed by atoms with Gasteiger partial charge in [-0.1, -0.05) is 6.07 Å². The van der Waals surface area contributed by atoms with E-state index in [4.69, 9.17) is 10.8 Å². The number of hydrogen-bond donors (Lipinski definition) is 1. The van der Waals surface area contributed by atoms with Gasteiger partial charge in [-0.25, -0.2) is 0 Å². The van der Waals surface area contributed by atoms with Crippen LogP contribution >= 0.6 is 0 Å². The van der Waals surface area contributed by atoms with Crippen LogP contribution in [0.5, 0.6) is 0 Å². The summed E-state index contributed by atoms with van der Waals surface area (Å²) in [5, 5.41) is 16.2. The Bertz CT molecular complexity index is 560. The van der Waals surface area contributed by atoms with E-state index in [0.29, 0.717) is 11.2 Å². The third kappa shape index (κ3) is 1.76. The predicted octanol–water partition coefficient (Wildman–Crippen LogP) is 2.44. The standard InChI is InChI=1S/C11H9N4/c12-11-3-1-2-8-15(11)10-6-4-9(14-13)5-7-10/h1-8,12H/q+1. The molecule has 0 spiro atoms. The molecule has 0 aliphatic heterocycles. The zero-order valence-corrected chi connectivity index (χ0v) is 7.96. The third-order valence-corrected chi connectivity index (χ3v) is 2.10. The van der Waals surface area contributed by atoms with Crippen LogP contribution in [0.2, 0.25) is 0 Å². The zero-order valence-electron chi connectivity index (χ0n) is 7.96. The van der Waals surface area contributed by atoms with E-state index < -0.39 is 0 Å². The van der Waals surface area contributed by atoms with Crippen molar-refractivity contribution in [3.05, 3.63) is 59.1 Å². The van der Waals surface area contributed by atoms with Gasteiger partial charge in [-0.15, -0.1) is 0 Å². The van der Waals surface area contributed by atoms with E-state index in [1.807, 2.05) is 18.3 Å². The fourth-order valence-electron chi connectivity index (χ4n) is 1.35. The summed E-state index contributed by atoms with van der Waals surface area (Å²) < 4.78 is 1.74. The topological polar surface area (TPSA) is 56.9 Å². The minimum absolute atomic E-state index is 0.409. The number of nitrogens with one attached hydrogen (secondary N) is 1. The van der Waals surface area contributed by atoms with Crippen LogP contribution in [-0.2, 0) is 0 Å². The van der Waals surface area contributed by atoms with Gasteiger partial charge >= 0.3 is 5.69 Å². The highest BCUT2D eigenvalue weighted by molar-refractivity contribution is 5.48. The van der Waals surface area contributed by atoms with Crippen LogP contribution in [0.3, 0.4) is 0 Å². The molecule has 0 fully saturated rings. The Balaban J connectivity index is 2.52. The molecule has 0 aliphatic carbocycles. The minimum atomic E-state index is 0.409. The van der Waals surface area contributed by atoms with Gasteiger partial charge in [-0.05, 0) is 24.3 Å². The van der Waals surface area contributed by atoms with Gasteiger partial charge in [0.2, 0.25) is 5.39 Å². The van der Waals surface area contributed by atoms with Crippen molar-refractivity contribution in [3.63, 3.8) is 0 Å². The molecule has 0 amide bonds. The summed E-state index contributed by atoms with van der Waals surface area (Å²) in [5.41, 5.74) is 1.78. The van der Waals surface area contributed by atoms with E-state index in [-0.39, 0.29) is 0 Å². The van der Waals surface area contributed by atoms with E-state index in [2.05, 4.69) is 4.98 Å². The first-order chi connectivity index (χ1) is 7.31. The van der Waals surface area contributed by atoms with Crippen LogP contribution in [0.1, 0.15) is 0 Å². The molecule has 0 radical (unpaired) electrons. The molecule has 0 unspecified atom stereocenters. The lowest BCUT2D eigenvalue weighted by Gasteiger charge is -2.04. The van der Waals surface area contributed by atoms with Gasteiger partial charge in [-0.2, -0.15) is 0 Å². The lowest BCUT2D eigenvalue weighted by molar-refractivity contribution is 0.925. The summed E-state index contributed by atoms with van der Waals surface area (Å²) >= 11 is 0. The molecule has 1 aromatic carbocycles. The summed E-state index contributed by atoms with van der Waals surface area (Å²) in [4.78, 5) is 3.07. The van der Waals surface area contributed by atoms with Crippen molar-refractivity contribution in [3.8, 4) is 5.69 Å². The normalized spacial score (nSPS) is 9.53. The molecule has 0 bridgehead atoms. The average Bonchev–Trinajstić information content (AvgIpc) is 2.30. The van der Waals surface area contributed by atoms with Crippen molar-refractivity contribution >= 4 is 5.69 Å². The quantitative estimate of drug-likeness (QED) is 0.701. The number of diazo groups is 1. The first kappa shape index (κ1) is 9.16. The predicted molar refractivity (Wildman–Crippen MR) is 56.4 cm³/mol. The second-order valence-electron chi connectivity index (χ2n) is 3.07. The van der Waals surface area contributed by atoms with E-state index in [1.165, 1.54) is 0 Å². The number of benzene rings is 1. The molecule has 0 saturated carbocycles. The molecule has 1 aromatic heterocycles. The summed E-state index contributed by atoms with van der Waals surface area (Å²) in [6.45, 7) is 0. The van der Waals surface area contributed by atoms with Gasteiger partial charge in [0.1, 0.15) is 5.49 Å². The van der Waals surface area contributed by atoms with E-state index >= 15 is 0 Å². The fraction of sp³-hybridized carbons (Fsp3) is 0. The van der Waals surface area contributed by atoms with Crippen LogP contribution in [-0.4, -0.2) is 4.57 Å². The van der Waals surface area contributed by atoms with Crippen LogP contribution in [0, 0.1) is 10.8 Å². The molecule has 4 heteroatoms. The minimum Gasteiger partial charge on any atom is -0.302 e. The number of rotatable bonds is 1. The highest BCUT2D eigenvalue weighted by Crippen LogP contribution is 2.14. The molecule has 1 heterocycles. The summed E-state index contributed by atoms with van der Waals surface area (Å²) in [6, 6.07) is 12.4. The van der Waals surface area contributed by atoms with Gasteiger partial charge in [0.15, 0.2) is 4.98 Å². The molecule has 2 aromatic rings. The van der Waals surface area contributed by atoms with Crippen molar-refractivity contribution in [1.29, 1.82) is 10.8 Å². The van der Waals surface area contributed by atoms with Crippen molar-refractivity contribution in [2.24, 2.45) is 0 Å². The van der Waals surface area contributed by atoms with E-state index in [9.17, 15) is 0 Å². The molecule has 72 valence electrons. The average molecular weight is 197 g/mol. The molecule has 2 rings (SSSR count). The third-order valence-electron chi connectivity index (χ3n) is 2.10. The first-order valence-electron chi connectivity index (χ1n) is 4.49. The lowest BCUT2D eigenvalue weighted by Crippen LogP contribution is -2.15. The molecule has 4 nitrogen and oxygen atoms in total.